The average molecular weight is 446 g/mol. The lowest BCUT2D eigenvalue weighted by Crippen LogP contribution is -2.33. The third-order valence-corrected chi connectivity index (χ3v) is 6.82. The molecule has 0 saturated carbocycles. The highest BCUT2D eigenvalue weighted by molar-refractivity contribution is 5.51. The molecule has 2 heterocycles. The van der Waals surface area contributed by atoms with Gasteiger partial charge in [0.15, 0.2) is 0 Å². The van der Waals surface area contributed by atoms with Gasteiger partial charge < -0.3 is 19.7 Å². The molecule has 5 heteroatoms. The van der Waals surface area contributed by atoms with Gasteiger partial charge in [-0.05, 0) is 67.4 Å². The molecule has 5 rings (SSSR count). The Kier molecular flexibility index (Phi) is 6.40. The number of benzene rings is 3. The third-order valence-electron chi connectivity index (χ3n) is 6.82. The predicted octanol–water partition coefficient (Wildman–Crippen LogP) is 5.27. The summed E-state index contributed by atoms with van der Waals surface area (Å²) in [4.78, 5) is 2.48. The van der Waals surface area contributed by atoms with Gasteiger partial charge >= 0.3 is 0 Å². The topological polar surface area (TPSA) is 62.2 Å². The van der Waals surface area contributed by atoms with Gasteiger partial charge in [-0.25, -0.2) is 0 Å². The van der Waals surface area contributed by atoms with Crippen molar-refractivity contribution in [2.24, 2.45) is 0 Å². The lowest BCUT2D eigenvalue weighted by molar-refractivity contribution is 0.183. The molecule has 2 aliphatic heterocycles. The molecule has 172 valence electrons. The van der Waals surface area contributed by atoms with Gasteiger partial charge in [-0.15, -0.1) is 0 Å². The highest BCUT2D eigenvalue weighted by Crippen LogP contribution is 2.47. The van der Waals surface area contributed by atoms with Crippen LogP contribution in [0.15, 0.2) is 66.7 Å². The zero-order chi connectivity index (χ0) is 22.6. The number of ether oxygens (including phenoxy) is 2. The van der Waals surface area contributed by atoms with Gasteiger partial charge in [0, 0.05) is 30.0 Å². The summed E-state index contributed by atoms with van der Waals surface area (Å²) >= 11 is 0. The van der Waals surface area contributed by atoms with Gasteiger partial charge in [-0.1, -0.05) is 36.8 Å². The molecule has 2 N–H and O–H groups in total. The lowest BCUT2D eigenvalue weighted by atomic mass is 9.76. The molecule has 0 amide bonds. The Labute approximate surface area is 195 Å². The number of hydrogen-bond acceptors (Lipinski definition) is 5. The maximum atomic E-state index is 10.1. The summed E-state index contributed by atoms with van der Waals surface area (Å²) < 4.78 is 12.1. The standard InChI is InChI=1S/C28H31NO4/c30-22-6-4-5-21(17-22)26-19-33-27-18-23(31)9-12-25(27)28(26)20-7-10-24(11-8-20)32-16-15-29-13-2-1-3-14-29/h4-12,17-18,26,28,30-31H,1-3,13-16,19H2/t26-,28-/m1/s1. The van der Waals surface area contributed by atoms with Crippen molar-refractivity contribution in [2.75, 3.05) is 32.8 Å². The minimum Gasteiger partial charge on any atom is -0.508 e. The number of phenolic OH excluding ortho intramolecular Hbond substituents is 2. The van der Waals surface area contributed by atoms with Gasteiger partial charge in [-0.2, -0.15) is 0 Å². The summed E-state index contributed by atoms with van der Waals surface area (Å²) in [5, 5.41) is 20.0. The molecule has 3 aromatic carbocycles. The monoisotopic (exact) mass is 445 g/mol. The van der Waals surface area contributed by atoms with E-state index in [1.165, 1.54) is 32.4 Å². The summed E-state index contributed by atoms with van der Waals surface area (Å²) in [5.74, 6) is 2.11. The second-order valence-electron chi connectivity index (χ2n) is 9.03. The SMILES string of the molecule is Oc1cccc([C@H]2COc3cc(O)ccc3[C@H]2c2ccc(OCCN3CCCCC3)cc2)c1. The Balaban J connectivity index is 1.37. The van der Waals surface area contributed by atoms with E-state index >= 15 is 0 Å². The number of rotatable bonds is 6. The Morgan fingerprint density at radius 2 is 1.64 bits per heavy atom. The van der Waals surface area contributed by atoms with Crippen LogP contribution in [-0.2, 0) is 0 Å². The Bertz CT molecular complexity index is 1080. The van der Waals surface area contributed by atoms with Gasteiger partial charge in [-0.3, -0.25) is 4.90 Å². The number of hydrogen-bond donors (Lipinski definition) is 2. The largest absolute Gasteiger partial charge is 0.508 e. The molecular formula is C28H31NO4. The van der Waals surface area contributed by atoms with Crippen molar-refractivity contribution in [1.82, 2.24) is 4.90 Å². The summed E-state index contributed by atoms with van der Waals surface area (Å²) in [7, 11) is 0. The van der Waals surface area contributed by atoms with Crippen LogP contribution in [0.4, 0.5) is 0 Å². The molecule has 0 spiro atoms. The van der Waals surface area contributed by atoms with Crippen LogP contribution in [0.5, 0.6) is 23.0 Å². The van der Waals surface area contributed by atoms with Crippen molar-refractivity contribution in [1.29, 1.82) is 0 Å². The first-order valence-corrected chi connectivity index (χ1v) is 11.9. The van der Waals surface area contributed by atoms with E-state index in [1.54, 1.807) is 18.2 Å². The Hall–Kier alpha value is -3.18. The van der Waals surface area contributed by atoms with Crippen LogP contribution in [0, 0.1) is 0 Å². The first-order valence-electron chi connectivity index (χ1n) is 11.9. The van der Waals surface area contributed by atoms with Crippen LogP contribution < -0.4 is 9.47 Å². The van der Waals surface area contributed by atoms with E-state index in [2.05, 4.69) is 17.0 Å². The molecule has 0 aliphatic carbocycles. The summed E-state index contributed by atoms with van der Waals surface area (Å²) in [6.07, 6.45) is 3.93. The van der Waals surface area contributed by atoms with Crippen LogP contribution in [0.25, 0.3) is 0 Å². The smallest absolute Gasteiger partial charge is 0.126 e. The summed E-state index contributed by atoms with van der Waals surface area (Å²) in [5.41, 5.74) is 3.22. The molecule has 2 aliphatic rings. The van der Waals surface area contributed by atoms with E-state index in [4.69, 9.17) is 9.47 Å². The summed E-state index contributed by atoms with van der Waals surface area (Å²) in [6.45, 7) is 4.50. The highest BCUT2D eigenvalue weighted by atomic mass is 16.5. The molecular weight excluding hydrogens is 414 g/mol. The third kappa shape index (κ3) is 4.93. The van der Waals surface area contributed by atoms with Crippen molar-refractivity contribution in [3.8, 4) is 23.0 Å². The molecule has 0 unspecified atom stereocenters. The van der Waals surface area contributed by atoms with Crippen molar-refractivity contribution >= 4 is 0 Å². The average Bonchev–Trinajstić information content (AvgIpc) is 2.84. The molecule has 3 aromatic rings. The van der Waals surface area contributed by atoms with Crippen LogP contribution in [0.1, 0.15) is 47.8 Å². The van der Waals surface area contributed by atoms with E-state index in [-0.39, 0.29) is 23.3 Å². The van der Waals surface area contributed by atoms with Gasteiger partial charge in [0.1, 0.15) is 29.6 Å². The molecule has 1 fully saturated rings. The number of fused-ring (bicyclic) bond motifs is 1. The van der Waals surface area contributed by atoms with Crippen molar-refractivity contribution in [2.45, 2.75) is 31.1 Å². The molecule has 0 aromatic heterocycles. The number of aromatic hydroxyl groups is 2. The number of likely N-dealkylation sites (tertiary alicyclic amines) is 1. The fourth-order valence-electron chi connectivity index (χ4n) is 5.10. The van der Waals surface area contributed by atoms with Crippen molar-refractivity contribution in [3.05, 3.63) is 83.4 Å². The predicted molar refractivity (Wildman–Crippen MR) is 129 cm³/mol. The second-order valence-corrected chi connectivity index (χ2v) is 9.03. The van der Waals surface area contributed by atoms with E-state index < -0.39 is 0 Å². The molecule has 0 bridgehead atoms. The molecule has 1 saturated heterocycles. The fourth-order valence-corrected chi connectivity index (χ4v) is 5.10. The Morgan fingerprint density at radius 3 is 2.42 bits per heavy atom. The van der Waals surface area contributed by atoms with Crippen molar-refractivity contribution < 1.29 is 19.7 Å². The van der Waals surface area contributed by atoms with E-state index in [9.17, 15) is 10.2 Å². The second kappa shape index (κ2) is 9.75. The fraction of sp³-hybridized carbons (Fsp3) is 0.357. The van der Waals surface area contributed by atoms with Gasteiger partial charge in [0.2, 0.25) is 0 Å². The minimum atomic E-state index is 0.0403. The van der Waals surface area contributed by atoms with Crippen LogP contribution in [-0.4, -0.2) is 48.0 Å². The molecule has 5 nitrogen and oxygen atoms in total. The zero-order valence-corrected chi connectivity index (χ0v) is 18.8. The first kappa shape index (κ1) is 21.7. The number of piperidine rings is 1. The van der Waals surface area contributed by atoms with Crippen LogP contribution in [0.3, 0.4) is 0 Å². The lowest BCUT2D eigenvalue weighted by Gasteiger charge is -2.34. The van der Waals surface area contributed by atoms with Crippen molar-refractivity contribution in [3.63, 3.8) is 0 Å². The minimum absolute atomic E-state index is 0.0403. The maximum absolute atomic E-state index is 10.1. The number of nitrogens with zero attached hydrogens (tertiary/aromatic N) is 1. The molecule has 33 heavy (non-hydrogen) atoms. The maximum Gasteiger partial charge on any atom is 0.126 e. The summed E-state index contributed by atoms with van der Waals surface area (Å²) in [6, 6.07) is 21.1. The quantitative estimate of drug-likeness (QED) is 0.541. The van der Waals surface area contributed by atoms with Crippen LogP contribution >= 0.6 is 0 Å². The molecule has 0 radical (unpaired) electrons. The zero-order valence-electron chi connectivity index (χ0n) is 18.8. The van der Waals surface area contributed by atoms with Gasteiger partial charge in [0.05, 0.1) is 6.61 Å². The first-order chi connectivity index (χ1) is 16.2. The highest BCUT2D eigenvalue weighted by Gasteiger charge is 2.33. The van der Waals surface area contributed by atoms with E-state index in [0.717, 1.165) is 29.0 Å². The normalized spacial score (nSPS) is 20.6. The van der Waals surface area contributed by atoms with Gasteiger partial charge in [0.25, 0.3) is 0 Å². The molecule has 2 atom stereocenters. The van der Waals surface area contributed by atoms with E-state index in [1.807, 2.05) is 36.4 Å². The van der Waals surface area contributed by atoms with Crippen LogP contribution in [0.2, 0.25) is 0 Å². The Morgan fingerprint density at radius 1 is 0.848 bits per heavy atom. The van der Waals surface area contributed by atoms with E-state index in [0.29, 0.717) is 19.0 Å². The number of phenols is 2.